The van der Waals surface area contributed by atoms with E-state index in [0.29, 0.717) is 15.8 Å². The van der Waals surface area contributed by atoms with Crippen molar-refractivity contribution in [1.29, 1.82) is 0 Å². The van der Waals surface area contributed by atoms with E-state index in [1.54, 1.807) is 19.1 Å². The van der Waals surface area contributed by atoms with Gasteiger partial charge in [-0.2, -0.15) is 0 Å². The lowest BCUT2D eigenvalue weighted by Gasteiger charge is -2.09. The number of terminal acetylenes is 1. The Morgan fingerprint density at radius 3 is 2.78 bits per heavy atom. The molecule has 0 aliphatic heterocycles. The average Bonchev–Trinajstić information content (AvgIpc) is 2.96. The molecule has 1 aromatic heterocycles. The number of carbonyl (C=O) groups excluding carboxylic acids is 1. The number of nitrogens with one attached hydrogen (secondary N) is 2. The molecule has 2 aromatic rings. The van der Waals surface area contributed by atoms with Gasteiger partial charge in [-0.25, -0.2) is 9.78 Å². The molecule has 23 heavy (non-hydrogen) atoms. The lowest BCUT2D eigenvalue weighted by atomic mass is 9.97. The SMILES string of the molecule is C#C[C@@H](c1ccc(Cl)cc1)c1csc(NC(=O)NCC(C)O)n1. The van der Waals surface area contributed by atoms with Gasteiger partial charge in [0.05, 0.1) is 17.7 Å². The molecule has 0 saturated heterocycles. The number of thiazole rings is 1. The Labute approximate surface area is 143 Å². The fraction of sp³-hybridized carbons (Fsp3) is 0.250. The normalized spacial score (nSPS) is 13.0. The van der Waals surface area contributed by atoms with Crippen LogP contribution in [0.4, 0.5) is 9.93 Å². The molecule has 1 unspecified atom stereocenters. The fourth-order valence-electron chi connectivity index (χ4n) is 1.87. The lowest BCUT2D eigenvalue weighted by molar-refractivity contribution is 0.190. The molecular weight excluding hydrogens is 334 g/mol. The third-order valence-corrected chi connectivity index (χ3v) is 3.99. The van der Waals surface area contributed by atoms with Crippen molar-refractivity contribution in [3.05, 3.63) is 45.9 Å². The first-order valence-corrected chi connectivity index (χ1v) is 8.15. The first-order valence-electron chi connectivity index (χ1n) is 6.89. The van der Waals surface area contributed by atoms with Crippen LogP contribution in [0.3, 0.4) is 0 Å². The van der Waals surface area contributed by atoms with Crippen molar-refractivity contribution in [3.63, 3.8) is 0 Å². The molecule has 120 valence electrons. The van der Waals surface area contributed by atoms with Gasteiger partial charge >= 0.3 is 6.03 Å². The van der Waals surface area contributed by atoms with Crippen molar-refractivity contribution < 1.29 is 9.90 Å². The van der Waals surface area contributed by atoms with Crippen LogP contribution in [0.1, 0.15) is 24.1 Å². The molecule has 1 aromatic carbocycles. The van der Waals surface area contributed by atoms with E-state index in [9.17, 15) is 4.79 Å². The molecule has 0 aliphatic carbocycles. The Hall–Kier alpha value is -2.07. The second kappa shape index (κ2) is 7.97. The molecule has 0 radical (unpaired) electrons. The zero-order chi connectivity index (χ0) is 16.8. The summed E-state index contributed by atoms with van der Waals surface area (Å²) in [4.78, 5) is 16.0. The van der Waals surface area contributed by atoms with Gasteiger partial charge in [0.2, 0.25) is 0 Å². The number of aromatic nitrogens is 1. The minimum atomic E-state index is -0.608. The van der Waals surface area contributed by atoms with Crippen molar-refractivity contribution >= 4 is 34.1 Å². The highest BCUT2D eigenvalue weighted by Gasteiger charge is 2.16. The van der Waals surface area contributed by atoms with E-state index in [1.165, 1.54) is 11.3 Å². The van der Waals surface area contributed by atoms with Crippen molar-refractivity contribution in [2.45, 2.75) is 18.9 Å². The first kappa shape index (κ1) is 17.3. The van der Waals surface area contributed by atoms with Crippen LogP contribution in [0.5, 0.6) is 0 Å². The molecule has 5 nitrogen and oxygen atoms in total. The van der Waals surface area contributed by atoms with Crippen molar-refractivity contribution in [2.24, 2.45) is 0 Å². The summed E-state index contributed by atoms with van der Waals surface area (Å²) >= 11 is 7.17. The zero-order valence-corrected chi connectivity index (χ0v) is 14.0. The van der Waals surface area contributed by atoms with Gasteiger partial charge in [0.15, 0.2) is 5.13 Å². The van der Waals surface area contributed by atoms with Crippen molar-refractivity contribution in [3.8, 4) is 12.3 Å². The number of halogens is 1. The van der Waals surface area contributed by atoms with Gasteiger partial charge in [-0.15, -0.1) is 17.8 Å². The molecule has 0 bridgehead atoms. The monoisotopic (exact) mass is 349 g/mol. The predicted molar refractivity (Wildman–Crippen MR) is 92.9 cm³/mol. The van der Waals surface area contributed by atoms with Gasteiger partial charge in [-0.05, 0) is 24.6 Å². The van der Waals surface area contributed by atoms with E-state index in [-0.39, 0.29) is 12.5 Å². The van der Waals surface area contributed by atoms with E-state index in [1.807, 2.05) is 17.5 Å². The van der Waals surface area contributed by atoms with Crippen LogP contribution in [-0.4, -0.2) is 28.8 Å². The second-order valence-electron chi connectivity index (χ2n) is 4.91. The van der Waals surface area contributed by atoms with E-state index in [2.05, 4.69) is 21.5 Å². The Balaban J connectivity index is 2.06. The molecule has 7 heteroatoms. The summed E-state index contributed by atoms with van der Waals surface area (Å²) in [7, 11) is 0. The van der Waals surface area contributed by atoms with Gasteiger partial charge < -0.3 is 10.4 Å². The number of amides is 2. The molecule has 0 saturated carbocycles. The number of hydrogen-bond donors (Lipinski definition) is 3. The van der Waals surface area contributed by atoms with E-state index in [4.69, 9.17) is 23.1 Å². The zero-order valence-electron chi connectivity index (χ0n) is 12.4. The number of rotatable bonds is 5. The van der Waals surface area contributed by atoms with Crippen LogP contribution in [0.2, 0.25) is 5.02 Å². The van der Waals surface area contributed by atoms with E-state index in [0.717, 1.165) is 5.56 Å². The standard InChI is InChI=1S/C16H16ClN3O2S/c1-3-13(11-4-6-12(17)7-5-11)14-9-23-16(19-14)20-15(22)18-8-10(2)21/h1,4-7,9-10,13,21H,8H2,2H3,(H2,18,19,20,22)/t10?,13-/m0/s1. The summed E-state index contributed by atoms with van der Waals surface area (Å²) < 4.78 is 0. The summed E-state index contributed by atoms with van der Waals surface area (Å²) in [5.41, 5.74) is 1.60. The van der Waals surface area contributed by atoms with Gasteiger partial charge in [-0.1, -0.05) is 29.7 Å². The molecule has 2 rings (SSSR count). The van der Waals surface area contributed by atoms with Crippen molar-refractivity contribution in [2.75, 3.05) is 11.9 Å². The summed E-state index contributed by atoms with van der Waals surface area (Å²) in [6.45, 7) is 1.76. The molecule has 0 spiro atoms. The maximum atomic E-state index is 11.7. The first-order chi connectivity index (χ1) is 11.0. The molecule has 3 N–H and O–H groups in total. The van der Waals surface area contributed by atoms with Crippen molar-refractivity contribution in [1.82, 2.24) is 10.3 Å². The second-order valence-corrected chi connectivity index (χ2v) is 6.21. The number of hydrogen-bond acceptors (Lipinski definition) is 4. The highest BCUT2D eigenvalue weighted by molar-refractivity contribution is 7.13. The number of nitrogens with zero attached hydrogens (tertiary/aromatic N) is 1. The smallest absolute Gasteiger partial charge is 0.321 e. The van der Waals surface area contributed by atoms with E-state index < -0.39 is 12.1 Å². The Bertz CT molecular complexity index is 707. The third-order valence-electron chi connectivity index (χ3n) is 2.97. The summed E-state index contributed by atoms with van der Waals surface area (Å²) in [5.74, 6) is 2.39. The predicted octanol–water partition coefficient (Wildman–Crippen LogP) is 3.06. The Kier molecular flexibility index (Phi) is 5.99. The van der Waals surface area contributed by atoms with Gasteiger partial charge in [0.25, 0.3) is 0 Å². The quantitative estimate of drug-likeness (QED) is 0.726. The maximum absolute atomic E-state index is 11.7. The molecule has 0 fully saturated rings. The van der Waals surface area contributed by atoms with Crippen LogP contribution < -0.4 is 10.6 Å². The van der Waals surface area contributed by atoms with Gasteiger partial charge in [0.1, 0.15) is 0 Å². The third kappa shape index (κ3) is 4.96. The number of anilines is 1. The van der Waals surface area contributed by atoms with Gasteiger partial charge in [0, 0.05) is 16.9 Å². The van der Waals surface area contributed by atoms with Gasteiger partial charge in [-0.3, -0.25) is 5.32 Å². The summed E-state index contributed by atoms with van der Waals surface area (Å²) in [5, 5.41) is 17.2. The minimum Gasteiger partial charge on any atom is -0.392 e. The van der Waals surface area contributed by atoms with Crippen LogP contribution in [0.15, 0.2) is 29.6 Å². The summed E-state index contributed by atoms with van der Waals surface area (Å²) in [6, 6.07) is 6.84. The number of aliphatic hydroxyl groups is 1. The number of urea groups is 1. The molecule has 0 aliphatic rings. The van der Waals surface area contributed by atoms with Crippen LogP contribution in [0.25, 0.3) is 0 Å². The number of carbonyl (C=O) groups is 1. The number of aliphatic hydroxyl groups excluding tert-OH is 1. The maximum Gasteiger partial charge on any atom is 0.321 e. The van der Waals surface area contributed by atoms with Crippen LogP contribution >= 0.6 is 22.9 Å². The average molecular weight is 350 g/mol. The van der Waals surface area contributed by atoms with Crippen LogP contribution in [0, 0.1) is 12.3 Å². The molecule has 2 amide bonds. The molecular formula is C16H16ClN3O2S. The Morgan fingerprint density at radius 2 is 2.17 bits per heavy atom. The minimum absolute atomic E-state index is 0.168. The highest BCUT2D eigenvalue weighted by atomic mass is 35.5. The fourth-order valence-corrected chi connectivity index (χ4v) is 2.72. The lowest BCUT2D eigenvalue weighted by Crippen LogP contribution is -2.34. The number of benzene rings is 1. The molecule has 1 heterocycles. The topological polar surface area (TPSA) is 74.2 Å². The largest absolute Gasteiger partial charge is 0.392 e. The Morgan fingerprint density at radius 1 is 1.48 bits per heavy atom. The molecule has 2 atom stereocenters. The summed E-state index contributed by atoms with van der Waals surface area (Å²) in [6.07, 6.45) is 5.01. The van der Waals surface area contributed by atoms with E-state index >= 15 is 0 Å². The van der Waals surface area contributed by atoms with Crippen LogP contribution in [-0.2, 0) is 0 Å². The highest BCUT2D eigenvalue weighted by Crippen LogP contribution is 2.28.